The van der Waals surface area contributed by atoms with Gasteiger partial charge < -0.3 is 13.6 Å². The van der Waals surface area contributed by atoms with E-state index in [1.165, 1.54) is 25.3 Å². The lowest BCUT2D eigenvalue weighted by Gasteiger charge is -2.34. The molecule has 0 saturated heterocycles. The second-order valence-corrected chi connectivity index (χ2v) is 16.0. The van der Waals surface area contributed by atoms with E-state index in [2.05, 4.69) is 46.6 Å². The van der Waals surface area contributed by atoms with Gasteiger partial charge in [-0.2, -0.15) is 0 Å². The summed E-state index contributed by atoms with van der Waals surface area (Å²) in [4.78, 5) is 0. The van der Waals surface area contributed by atoms with Crippen molar-refractivity contribution in [3.8, 4) is 0 Å². The maximum atomic E-state index is 8.81. The van der Waals surface area contributed by atoms with Gasteiger partial charge in [-0.15, -0.1) is 6.58 Å². The maximum absolute atomic E-state index is 8.81. The number of hydrogen-bond acceptors (Lipinski definition) is 3. The van der Waals surface area contributed by atoms with E-state index in [1.54, 1.807) is 6.08 Å². The monoisotopic (exact) mass is 372 g/mol. The maximum Gasteiger partial charge on any atom is 0.321 e. The first-order valence-corrected chi connectivity index (χ1v) is 15.3. The molecule has 0 rings (SSSR count). The molecule has 0 aromatic carbocycles. The number of unbranched alkanes of at least 4 members (excludes halogenated alkanes) is 1. The van der Waals surface area contributed by atoms with Crippen molar-refractivity contribution in [3.05, 3.63) is 24.8 Å². The van der Waals surface area contributed by atoms with Gasteiger partial charge in [-0.25, -0.2) is 0 Å². The lowest BCUT2D eigenvalue weighted by atomic mass is 10.1. The zero-order valence-electron chi connectivity index (χ0n) is 16.8. The summed E-state index contributed by atoms with van der Waals surface area (Å²) in [6, 6.07) is 1.21. The topological polar surface area (TPSA) is 38.7 Å². The molecule has 0 aliphatic heterocycles. The fourth-order valence-corrected chi connectivity index (χ4v) is 10.4. The molecule has 1 atom stereocenters. The number of allylic oxidation sites excluding steroid dienone is 1. The zero-order valence-corrected chi connectivity index (χ0v) is 18.8. The van der Waals surface area contributed by atoms with Crippen LogP contribution in [0.2, 0.25) is 32.2 Å². The van der Waals surface area contributed by atoms with Crippen molar-refractivity contribution >= 4 is 16.9 Å². The molecule has 24 heavy (non-hydrogen) atoms. The Balaban J connectivity index is 4.28. The largest absolute Gasteiger partial charge is 0.436 e. The van der Waals surface area contributed by atoms with Gasteiger partial charge in [0.1, 0.15) is 0 Å². The molecular formula is C19H40O3Si2. The third-order valence-electron chi connectivity index (χ3n) is 4.02. The minimum Gasteiger partial charge on any atom is -0.436 e. The van der Waals surface area contributed by atoms with Crippen LogP contribution in [0.25, 0.3) is 0 Å². The zero-order chi connectivity index (χ0) is 18.6. The third-order valence-corrected chi connectivity index (χ3v) is 10.6. The van der Waals surface area contributed by atoms with Crippen molar-refractivity contribution in [1.29, 1.82) is 0 Å². The van der Waals surface area contributed by atoms with Crippen molar-refractivity contribution in [2.75, 3.05) is 13.2 Å². The van der Waals surface area contributed by atoms with Crippen molar-refractivity contribution in [2.24, 2.45) is 11.8 Å². The van der Waals surface area contributed by atoms with E-state index in [9.17, 15) is 0 Å². The second kappa shape index (κ2) is 12.2. The standard InChI is InChI=1S/C19H40O3Si2/c1-8-19(14-9-11-15-20)17-21-24(6,7)22-23(4,5)16-12-10-13-18(2)3/h8-9,11,18-20H,1,10,12-17H2,2-7H3/b11-9+. The fourth-order valence-electron chi connectivity index (χ4n) is 2.73. The summed E-state index contributed by atoms with van der Waals surface area (Å²) < 4.78 is 12.7. The van der Waals surface area contributed by atoms with E-state index >= 15 is 0 Å². The predicted octanol–water partition coefficient (Wildman–Crippen LogP) is 5.49. The van der Waals surface area contributed by atoms with Gasteiger partial charge in [0.25, 0.3) is 0 Å². The molecule has 1 N–H and O–H groups in total. The summed E-state index contributed by atoms with van der Waals surface area (Å²) in [6.45, 7) is 18.1. The molecule has 0 amide bonds. The molecule has 0 fully saturated rings. The molecule has 0 radical (unpaired) electrons. The average molecular weight is 373 g/mol. The summed E-state index contributed by atoms with van der Waals surface area (Å²) >= 11 is 0. The number of aliphatic hydroxyl groups is 1. The molecule has 0 bridgehead atoms. The first-order chi connectivity index (χ1) is 11.1. The van der Waals surface area contributed by atoms with Crippen LogP contribution in [0.5, 0.6) is 0 Å². The molecule has 0 aliphatic carbocycles. The molecule has 5 heteroatoms. The highest BCUT2D eigenvalue weighted by Crippen LogP contribution is 2.23. The Morgan fingerprint density at radius 3 is 2.29 bits per heavy atom. The minimum atomic E-state index is -2.11. The lowest BCUT2D eigenvalue weighted by Crippen LogP contribution is -2.47. The fraction of sp³-hybridized carbons (Fsp3) is 0.789. The SMILES string of the molecule is C=CC(C/C=C/CO)CO[Si](C)(C)O[Si](C)(C)CCCCC(C)C. The molecule has 0 aromatic rings. The molecule has 142 valence electrons. The van der Waals surface area contributed by atoms with E-state index in [0.29, 0.717) is 6.61 Å². The van der Waals surface area contributed by atoms with Crippen LogP contribution >= 0.6 is 0 Å². The van der Waals surface area contributed by atoms with E-state index in [1.807, 2.05) is 12.2 Å². The van der Waals surface area contributed by atoms with Gasteiger partial charge in [0.05, 0.1) is 6.61 Å². The Morgan fingerprint density at radius 1 is 1.08 bits per heavy atom. The van der Waals surface area contributed by atoms with Crippen LogP contribution in [0.4, 0.5) is 0 Å². The summed E-state index contributed by atoms with van der Waals surface area (Å²) in [5, 5.41) is 8.81. The lowest BCUT2D eigenvalue weighted by molar-refractivity contribution is 0.218. The third kappa shape index (κ3) is 13.1. The van der Waals surface area contributed by atoms with Crippen molar-refractivity contribution < 1.29 is 13.6 Å². The van der Waals surface area contributed by atoms with Crippen LogP contribution in [-0.4, -0.2) is 35.2 Å². The minimum absolute atomic E-state index is 0.0880. The molecule has 0 heterocycles. The molecule has 0 aliphatic rings. The summed E-state index contributed by atoms with van der Waals surface area (Å²) in [5.74, 6) is 1.07. The molecule has 0 aromatic heterocycles. The highest BCUT2D eigenvalue weighted by molar-refractivity contribution is 6.82. The van der Waals surface area contributed by atoms with Gasteiger partial charge in [0, 0.05) is 12.5 Å². The van der Waals surface area contributed by atoms with Crippen LogP contribution in [0, 0.1) is 11.8 Å². The van der Waals surface area contributed by atoms with E-state index in [-0.39, 0.29) is 12.5 Å². The predicted molar refractivity (Wildman–Crippen MR) is 110 cm³/mol. The Kier molecular flexibility index (Phi) is 12.1. The van der Waals surface area contributed by atoms with Crippen molar-refractivity contribution in [3.63, 3.8) is 0 Å². The summed E-state index contributed by atoms with van der Waals surface area (Å²) in [5.41, 5.74) is 0. The molecule has 3 nitrogen and oxygen atoms in total. The van der Waals surface area contributed by atoms with E-state index in [4.69, 9.17) is 13.6 Å². The number of aliphatic hydroxyl groups excluding tert-OH is 1. The first-order valence-electron chi connectivity index (χ1n) is 9.34. The Bertz CT molecular complexity index is 366. The Hall–Kier alpha value is -0.206. The van der Waals surface area contributed by atoms with Gasteiger partial charge >= 0.3 is 8.56 Å². The number of rotatable bonds is 14. The first kappa shape index (κ1) is 23.8. The molecule has 0 spiro atoms. The molecule has 1 unspecified atom stereocenters. The highest BCUT2D eigenvalue weighted by Gasteiger charge is 2.34. The van der Waals surface area contributed by atoms with Crippen LogP contribution in [0.15, 0.2) is 24.8 Å². The summed E-state index contributed by atoms with van der Waals surface area (Å²) in [7, 11) is -3.77. The van der Waals surface area contributed by atoms with Crippen molar-refractivity contribution in [2.45, 2.75) is 71.8 Å². The van der Waals surface area contributed by atoms with Gasteiger partial charge in [-0.05, 0) is 44.6 Å². The van der Waals surface area contributed by atoms with Crippen molar-refractivity contribution in [1.82, 2.24) is 0 Å². The van der Waals surface area contributed by atoms with Crippen LogP contribution < -0.4 is 0 Å². The van der Waals surface area contributed by atoms with Crippen LogP contribution in [0.1, 0.15) is 39.5 Å². The second-order valence-electron chi connectivity index (χ2n) is 8.10. The molecular weight excluding hydrogens is 332 g/mol. The van der Waals surface area contributed by atoms with E-state index in [0.717, 1.165) is 12.3 Å². The van der Waals surface area contributed by atoms with Gasteiger partial charge in [0.2, 0.25) is 0 Å². The Labute approximate surface area is 152 Å². The van der Waals surface area contributed by atoms with Crippen LogP contribution in [-0.2, 0) is 8.54 Å². The normalized spacial score (nSPS) is 14.5. The average Bonchev–Trinajstić information content (AvgIpc) is 2.46. The highest BCUT2D eigenvalue weighted by atomic mass is 28.4. The van der Waals surface area contributed by atoms with Gasteiger partial charge in [-0.1, -0.05) is 51.3 Å². The Morgan fingerprint density at radius 2 is 1.75 bits per heavy atom. The molecule has 0 saturated carbocycles. The van der Waals surface area contributed by atoms with Gasteiger partial charge in [0.15, 0.2) is 8.32 Å². The smallest absolute Gasteiger partial charge is 0.321 e. The number of hydrogen-bond donors (Lipinski definition) is 1. The van der Waals surface area contributed by atoms with Crippen LogP contribution in [0.3, 0.4) is 0 Å². The van der Waals surface area contributed by atoms with Gasteiger partial charge in [-0.3, -0.25) is 0 Å². The van der Waals surface area contributed by atoms with E-state index < -0.39 is 16.9 Å². The quantitative estimate of drug-likeness (QED) is 0.249. The summed E-state index contributed by atoms with van der Waals surface area (Å²) in [6.07, 6.45) is 10.4.